The van der Waals surface area contributed by atoms with Gasteiger partial charge in [0.2, 0.25) is 0 Å². The van der Waals surface area contributed by atoms with Crippen LogP contribution in [0.1, 0.15) is 32.3 Å². The van der Waals surface area contributed by atoms with E-state index in [0.29, 0.717) is 11.6 Å². The topological polar surface area (TPSA) is 39.9 Å². The van der Waals surface area contributed by atoms with Crippen LogP contribution in [0.15, 0.2) is 18.3 Å². The minimum atomic E-state index is 0.492. The first-order chi connectivity index (χ1) is 7.22. The molecule has 15 heavy (non-hydrogen) atoms. The van der Waals surface area contributed by atoms with Crippen LogP contribution in [-0.4, -0.2) is 18.1 Å². The number of hydrogen-bond acceptors (Lipinski definition) is 3. The molecule has 1 rings (SSSR count). The molecule has 0 bridgehead atoms. The Morgan fingerprint density at radius 1 is 1.47 bits per heavy atom. The molecule has 0 aliphatic carbocycles. The van der Waals surface area contributed by atoms with Crippen LogP contribution in [0.25, 0.3) is 0 Å². The van der Waals surface area contributed by atoms with E-state index in [0.717, 1.165) is 18.7 Å². The predicted octanol–water partition coefficient (Wildman–Crippen LogP) is 2.58. The molecule has 1 heterocycles. The predicted molar refractivity (Wildman–Crippen MR) is 61.7 cm³/mol. The number of nitriles is 1. The summed E-state index contributed by atoms with van der Waals surface area (Å²) in [7, 11) is 2.03. The number of aromatic nitrogens is 1. The van der Waals surface area contributed by atoms with E-state index >= 15 is 0 Å². The van der Waals surface area contributed by atoms with Gasteiger partial charge in [-0.05, 0) is 25.0 Å². The lowest BCUT2D eigenvalue weighted by Crippen LogP contribution is -2.30. The highest BCUT2D eigenvalue weighted by molar-refractivity contribution is 5.44. The summed E-state index contributed by atoms with van der Waals surface area (Å²) in [6, 6.07) is 6.18. The minimum Gasteiger partial charge on any atom is -0.357 e. The van der Waals surface area contributed by atoms with E-state index < -0.39 is 0 Å². The van der Waals surface area contributed by atoms with E-state index in [9.17, 15) is 0 Å². The minimum absolute atomic E-state index is 0.492. The largest absolute Gasteiger partial charge is 0.357 e. The van der Waals surface area contributed by atoms with Crippen molar-refractivity contribution in [3.63, 3.8) is 0 Å². The van der Waals surface area contributed by atoms with Gasteiger partial charge in [-0.15, -0.1) is 0 Å². The molecule has 0 amide bonds. The summed E-state index contributed by atoms with van der Waals surface area (Å²) < 4.78 is 0. The van der Waals surface area contributed by atoms with Gasteiger partial charge >= 0.3 is 0 Å². The molecule has 0 atom stereocenters. The molecule has 0 radical (unpaired) electrons. The number of rotatable bonds is 4. The highest BCUT2D eigenvalue weighted by Crippen LogP contribution is 2.16. The molecule has 3 nitrogen and oxygen atoms in total. The number of hydrogen-bond donors (Lipinski definition) is 0. The molecule has 0 aromatic carbocycles. The third-order valence-corrected chi connectivity index (χ3v) is 2.73. The van der Waals surface area contributed by atoms with Gasteiger partial charge in [0.1, 0.15) is 5.82 Å². The smallest absolute Gasteiger partial charge is 0.129 e. The van der Waals surface area contributed by atoms with Gasteiger partial charge in [-0.3, -0.25) is 0 Å². The Hall–Kier alpha value is -1.56. The molecule has 3 heteroatoms. The van der Waals surface area contributed by atoms with Crippen LogP contribution < -0.4 is 4.90 Å². The van der Waals surface area contributed by atoms with E-state index in [2.05, 4.69) is 29.8 Å². The van der Waals surface area contributed by atoms with Gasteiger partial charge < -0.3 is 4.90 Å². The average Bonchev–Trinajstić information content (AvgIpc) is 2.30. The van der Waals surface area contributed by atoms with Gasteiger partial charge in [0.25, 0.3) is 0 Å². The molecule has 1 aromatic rings. The molecule has 0 aliphatic rings. The maximum absolute atomic E-state index is 8.80. The quantitative estimate of drug-likeness (QED) is 0.755. The second-order valence-electron chi connectivity index (χ2n) is 3.60. The van der Waals surface area contributed by atoms with Crippen molar-refractivity contribution in [2.45, 2.75) is 32.7 Å². The van der Waals surface area contributed by atoms with Crippen molar-refractivity contribution in [2.75, 3.05) is 11.9 Å². The maximum Gasteiger partial charge on any atom is 0.129 e. The van der Waals surface area contributed by atoms with Gasteiger partial charge in [-0.2, -0.15) is 5.26 Å². The van der Waals surface area contributed by atoms with Crippen molar-refractivity contribution in [2.24, 2.45) is 0 Å². The number of pyridine rings is 1. The van der Waals surface area contributed by atoms with Gasteiger partial charge in [0, 0.05) is 19.3 Å². The van der Waals surface area contributed by atoms with Gasteiger partial charge in [0.05, 0.1) is 11.6 Å². The lowest BCUT2D eigenvalue weighted by Gasteiger charge is -2.27. The van der Waals surface area contributed by atoms with Crippen molar-refractivity contribution in [1.82, 2.24) is 4.98 Å². The second kappa shape index (κ2) is 5.35. The Balaban J connectivity index is 2.90. The first-order valence-corrected chi connectivity index (χ1v) is 5.31. The van der Waals surface area contributed by atoms with Crippen LogP contribution in [0.2, 0.25) is 0 Å². The second-order valence-corrected chi connectivity index (χ2v) is 3.60. The molecule has 0 spiro atoms. The summed E-state index contributed by atoms with van der Waals surface area (Å²) >= 11 is 0. The van der Waals surface area contributed by atoms with Crippen molar-refractivity contribution < 1.29 is 0 Å². The highest BCUT2D eigenvalue weighted by Gasteiger charge is 2.12. The molecule has 0 saturated carbocycles. The zero-order chi connectivity index (χ0) is 11.3. The molecule has 0 aliphatic heterocycles. The van der Waals surface area contributed by atoms with Crippen molar-refractivity contribution in [1.29, 1.82) is 5.26 Å². The number of anilines is 1. The third kappa shape index (κ3) is 2.69. The third-order valence-electron chi connectivity index (χ3n) is 2.73. The fourth-order valence-corrected chi connectivity index (χ4v) is 1.70. The highest BCUT2D eigenvalue weighted by atomic mass is 15.2. The van der Waals surface area contributed by atoms with Gasteiger partial charge in [-0.25, -0.2) is 4.98 Å². The van der Waals surface area contributed by atoms with Gasteiger partial charge in [-0.1, -0.05) is 13.8 Å². The molecule has 0 saturated heterocycles. The molecule has 80 valence electrons. The van der Waals surface area contributed by atoms with Crippen LogP contribution in [0.5, 0.6) is 0 Å². The van der Waals surface area contributed by atoms with Crippen LogP contribution in [0.3, 0.4) is 0 Å². The first kappa shape index (κ1) is 11.5. The Labute approximate surface area is 91.4 Å². The van der Waals surface area contributed by atoms with Crippen molar-refractivity contribution >= 4 is 5.82 Å². The lowest BCUT2D eigenvalue weighted by atomic mass is 10.1. The standard InChI is InChI=1S/C12H17N3/c1-4-11(5-2)15(3)12-8-10(9-13)6-7-14-12/h6-8,11H,4-5H2,1-3H3. The molecule has 0 N–H and O–H groups in total. The molecule has 0 unspecified atom stereocenters. The van der Waals surface area contributed by atoms with E-state index in [4.69, 9.17) is 5.26 Å². The van der Waals surface area contributed by atoms with Crippen LogP contribution in [0.4, 0.5) is 5.82 Å². The molecule has 0 fully saturated rings. The summed E-state index contributed by atoms with van der Waals surface area (Å²) in [5, 5.41) is 8.80. The fourth-order valence-electron chi connectivity index (χ4n) is 1.70. The normalized spacial score (nSPS) is 10.1. The Kier molecular flexibility index (Phi) is 4.11. The monoisotopic (exact) mass is 203 g/mol. The SMILES string of the molecule is CCC(CC)N(C)c1cc(C#N)ccn1. The average molecular weight is 203 g/mol. The maximum atomic E-state index is 8.80. The summed E-state index contributed by atoms with van der Waals surface area (Å²) in [5.74, 6) is 0.878. The van der Waals surface area contributed by atoms with E-state index in [1.165, 1.54) is 0 Å². The Morgan fingerprint density at radius 2 is 2.13 bits per heavy atom. The van der Waals surface area contributed by atoms with Crippen LogP contribution in [-0.2, 0) is 0 Å². The zero-order valence-electron chi connectivity index (χ0n) is 9.57. The Bertz CT molecular complexity index is 350. The van der Waals surface area contributed by atoms with E-state index in [-0.39, 0.29) is 0 Å². The fraction of sp³-hybridized carbons (Fsp3) is 0.500. The van der Waals surface area contributed by atoms with Crippen molar-refractivity contribution in [3.05, 3.63) is 23.9 Å². The Morgan fingerprint density at radius 3 is 2.67 bits per heavy atom. The van der Waals surface area contributed by atoms with Crippen molar-refractivity contribution in [3.8, 4) is 6.07 Å². The number of nitrogens with zero attached hydrogens (tertiary/aromatic N) is 3. The van der Waals surface area contributed by atoms with E-state index in [1.54, 1.807) is 12.3 Å². The molecular formula is C12H17N3. The summed E-state index contributed by atoms with van der Waals surface area (Å²) in [6.07, 6.45) is 3.86. The first-order valence-electron chi connectivity index (χ1n) is 5.31. The van der Waals surface area contributed by atoms with Gasteiger partial charge in [0.15, 0.2) is 0 Å². The van der Waals surface area contributed by atoms with Crippen LogP contribution in [0, 0.1) is 11.3 Å². The summed E-state index contributed by atoms with van der Waals surface area (Å²) in [5.41, 5.74) is 0.665. The molecular weight excluding hydrogens is 186 g/mol. The van der Waals surface area contributed by atoms with Crippen LogP contribution >= 0.6 is 0 Å². The van der Waals surface area contributed by atoms with E-state index in [1.807, 2.05) is 13.1 Å². The summed E-state index contributed by atoms with van der Waals surface area (Å²) in [6.45, 7) is 4.33. The zero-order valence-corrected chi connectivity index (χ0v) is 9.57. The summed E-state index contributed by atoms with van der Waals surface area (Å²) in [4.78, 5) is 6.42. The lowest BCUT2D eigenvalue weighted by molar-refractivity contribution is 0.587. The molecule has 1 aromatic heterocycles.